The first kappa shape index (κ1) is 17.4. The molecule has 0 amide bonds. The quantitative estimate of drug-likeness (QED) is 0.455. The molecule has 0 rings (SSSR count). The zero-order valence-corrected chi connectivity index (χ0v) is 12.5. The molecule has 4 heteroatoms. The zero-order valence-electron chi connectivity index (χ0n) is 12.5. The SMILES string of the molecule is CCCCCN(C)CCC(NCCC)C(=O)OC. The Balaban J connectivity index is 3.89. The van der Waals surface area contributed by atoms with Gasteiger partial charge in [-0.15, -0.1) is 0 Å². The average molecular weight is 258 g/mol. The van der Waals surface area contributed by atoms with Gasteiger partial charge in [-0.1, -0.05) is 26.7 Å². The monoisotopic (exact) mass is 258 g/mol. The highest BCUT2D eigenvalue weighted by atomic mass is 16.5. The highest BCUT2D eigenvalue weighted by Gasteiger charge is 2.18. The lowest BCUT2D eigenvalue weighted by Crippen LogP contribution is -2.40. The zero-order chi connectivity index (χ0) is 13.8. The van der Waals surface area contributed by atoms with E-state index in [0.717, 1.165) is 32.5 Å². The first-order chi connectivity index (χ1) is 8.65. The van der Waals surface area contributed by atoms with E-state index in [4.69, 9.17) is 4.74 Å². The molecule has 0 aromatic carbocycles. The molecular weight excluding hydrogens is 228 g/mol. The third-order valence-corrected chi connectivity index (χ3v) is 3.07. The molecule has 4 nitrogen and oxygen atoms in total. The Bertz CT molecular complexity index is 210. The standard InChI is InChI=1S/C14H30N2O2/c1-5-7-8-11-16(3)12-9-13(14(17)18-4)15-10-6-2/h13,15H,5-12H2,1-4H3. The molecule has 0 saturated carbocycles. The van der Waals surface area contributed by atoms with Gasteiger partial charge in [0.15, 0.2) is 0 Å². The van der Waals surface area contributed by atoms with Crippen LogP contribution in [0.4, 0.5) is 0 Å². The molecule has 0 aliphatic carbocycles. The van der Waals surface area contributed by atoms with Gasteiger partial charge in [-0.25, -0.2) is 0 Å². The molecule has 1 N–H and O–H groups in total. The number of esters is 1. The number of nitrogens with one attached hydrogen (secondary N) is 1. The maximum absolute atomic E-state index is 11.6. The van der Waals surface area contributed by atoms with E-state index in [1.165, 1.54) is 26.4 Å². The third-order valence-electron chi connectivity index (χ3n) is 3.07. The second-order valence-corrected chi connectivity index (χ2v) is 4.83. The summed E-state index contributed by atoms with van der Waals surface area (Å²) in [6.07, 6.45) is 5.60. The molecule has 0 fully saturated rings. The van der Waals surface area contributed by atoms with E-state index in [1.54, 1.807) is 0 Å². The van der Waals surface area contributed by atoms with Crippen molar-refractivity contribution in [3.63, 3.8) is 0 Å². The van der Waals surface area contributed by atoms with Gasteiger partial charge in [0.1, 0.15) is 6.04 Å². The molecule has 1 unspecified atom stereocenters. The van der Waals surface area contributed by atoms with E-state index in [1.807, 2.05) is 0 Å². The van der Waals surface area contributed by atoms with Crippen LogP contribution in [0.3, 0.4) is 0 Å². The van der Waals surface area contributed by atoms with Crippen molar-refractivity contribution in [3.05, 3.63) is 0 Å². The summed E-state index contributed by atoms with van der Waals surface area (Å²) in [6.45, 7) is 7.20. The van der Waals surface area contributed by atoms with Crippen LogP contribution in [-0.2, 0) is 9.53 Å². The number of rotatable bonds is 11. The van der Waals surface area contributed by atoms with Crippen molar-refractivity contribution >= 4 is 5.97 Å². The summed E-state index contributed by atoms with van der Waals surface area (Å²) in [4.78, 5) is 13.9. The van der Waals surface area contributed by atoms with Gasteiger partial charge in [-0.2, -0.15) is 0 Å². The van der Waals surface area contributed by atoms with Gasteiger partial charge in [0.25, 0.3) is 0 Å². The van der Waals surface area contributed by atoms with E-state index in [2.05, 4.69) is 31.1 Å². The first-order valence-corrected chi connectivity index (χ1v) is 7.15. The largest absolute Gasteiger partial charge is 0.468 e. The van der Waals surface area contributed by atoms with Crippen molar-refractivity contribution in [2.45, 2.75) is 52.0 Å². The minimum Gasteiger partial charge on any atom is -0.468 e. The van der Waals surface area contributed by atoms with Gasteiger partial charge in [-0.05, 0) is 45.9 Å². The number of methoxy groups -OCH3 is 1. The lowest BCUT2D eigenvalue weighted by atomic mass is 10.2. The fourth-order valence-electron chi connectivity index (χ4n) is 1.86. The number of ether oxygens (including phenoxy) is 1. The van der Waals surface area contributed by atoms with Gasteiger partial charge >= 0.3 is 5.97 Å². The van der Waals surface area contributed by atoms with Gasteiger partial charge < -0.3 is 15.0 Å². The van der Waals surface area contributed by atoms with Crippen LogP contribution in [0.25, 0.3) is 0 Å². The van der Waals surface area contributed by atoms with Gasteiger partial charge in [0, 0.05) is 0 Å². The maximum Gasteiger partial charge on any atom is 0.322 e. The molecule has 108 valence electrons. The Morgan fingerprint density at radius 3 is 2.50 bits per heavy atom. The summed E-state index contributed by atoms with van der Waals surface area (Å²) in [5.41, 5.74) is 0. The van der Waals surface area contributed by atoms with E-state index in [-0.39, 0.29) is 12.0 Å². The molecule has 0 aliphatic heterocycles. The lowest BCUT2D eigenvalue weighted by molar-refractivity contribution is -0.143. The van der Waals surface area contributed by atoms with Crippen molar-refractivity contribution in [2.75, 3.05) is 33.8 Å². The number of unbranched alkanes of at least 4 members (excludes halogenated alkanes) is 2. The van der Waals surface area contributed by atoms with Gasteiger partial charge in [0.05, 0.1) is 7.11 Å². The molecule has 0 aliphatic rings. The number of nitrogens with zero attached hydrogens (tertiary/aromatic N) is 1. The van der Waals surface area contributed by atoms with Crippen LogP contribution in [0.1, 0.15) is 46.0 Å². The summed E-state index contributed by atoms with van der Waals surface area (Å²) in [5, 5.41) is 3.24. The van der Waals surface area contributed by atoms with Gasteiger partial charge in [-0.3, -0.25) is 4.79 Å². The minimum atomic E-state index is -0.163. The topological polar surface area (TPSA) is 41.6 Å². The molecule has 1 atom stereocenters. The Kier molecular flexibility index (Phi) is 11.1. The van der Waals surface area contributed by atoms with Crippen LogP contribution >= 0.6 is 0 Å². The number of carbonyl (C=O) groups excluding carboxylic acids is 1. The lowest BCUT2D eigenvalue weighted by Gasteiger charge is -2.21. The van der Waals surface area contributed by atoms with Crippen molar-refractivity contribution in [3.8, 4) is 0 Å². The Labute approximate surface area is 112 Å². The van der Waals surface area contributed by atoms with Crippen LogP contribution in [0.15, 0.2) is 0 Å². The smallest absolute Gasteiger partial charge is 0.322 e. The van der Waals surface area contributed by atoms with Crippen molar-refractivity contribution < 1.29 is 9.53 Å². The highest BCUT2D eigenvalue weighted by Crippen LogP contribution is 2.01. The van der Waals surface area contributed by atoms with Crippen LogP contribution < -0.4 is 5.32 Å². The van der Waals surface area contributed by atoms with E-state index >= 15 is 0 Å². The summed E-state index contributed by atoms with van der Waals surface area (Å²) in [6, 6.07) is -0.163. The summed E-state index contributed by atoms with van der Waals surface area (Å²) in [7, 11) is 3.57. The van der Waals surface area contributed by atoms with Gasteiger partial charge in [0.2, 0.25) is 0 Å². The third kappa shape index (κ3) is 8.48. The van der Waals surface area contributed by atoms with Crippen molar-refractivity contribution in [1.29, 1.82) is 0 Å². The Morgan fingerprint density at radius 2 is 1.94 bits per heavy atom. The summed E-state index contributed by atoms with van der Waals surface area (Å²) < 4.78 is 4.82. The van der Waals surface area contributed by atoms with Crippen LogP contribution in [0, 0.1) is 0 Å². The number of hydrogen-bond acceptors (Lipinski definition) is 4. The summed E-state index contributed by atoms with van der Waals surface area (Å²) in [5.74, 6) is -0.148. The van der Waals surface area contributed by atoms with Crippen molar-refractivity contribution in [1.82, 2.24) is 10.2 Å². The molecule has 0 spiro atoms. The summed E-state index contributed by atoms with van der Waals surface area (Å²) >= 11 is 0. The molecule has 0 saturated heterocycles. The maximum atomic E-state index is 11.6. The van der Waals surface area contributed by atoms with Crippen molar-refractivity contribution in [2.24, 2.45) is 0 Å². The van der Waals surface area contributed by atoms with E-state index < -0.39 is 0 Å². The molecule has 18 heavy (non-hydrogen) atoms. The minimum absolute atomic E-state index is 0.148. The fourth-order valence-corrected chi connectivity index (χ4v) is 1.86. The number of hydrogen-bond donors (Lipinski definition) is 1. The second kappa shape index (κ2) is 11.5. The molecular formula is C14H30N2O2. The molecule has 0 aromatic heterocycles. The average Bonchev–Trinajstić information content (AvgIpc) is 2.38. The highest BCUT2D eigenvalue weighted by molar-refractivity contribution is 5.75. The van der Waals surface area contributed by atoms with E-state index in [9.17, 15) is 4.79 Å². The van der Waals surface area contributed by atoms with Crippen LogP contribution in [0.2, 0.25) is 0 Å². The van der Waals surface area contributed by atoms with Crippen LogP contribution in [-0.4, -0.2) is 50.7 Å². The predicted octanol–water partition coefficient (Wildman–Crippen LogP) is 2.04. The normalized spacial score (nSPS) is 12.7. The molecule has 0 radical (unpaired) electrons. The Hall–Kier alpha value is -0.610. The molecule has 0 bridgehead atoms. The Morgan fingerprint density at radius 1 is 1.22 bits per heavy atom. The number of carbonyl (C=O) groups is 1. The van der Waals surface area contributed by atoms with Crippen LogP contribution in [0.5, 0.6) is 0 Å². The molecule has 0 heterocycles. The first-order valence-electron chi connectivity index (χ1n) is 7.15. The second-order valence-electron chi connectivity index (χ2n) is 4.83. The van der Waals surface area contributed by atoms with E-state index in [0.29, 0.717) is 0 Å². The predicted molar refractivity (Wildman–Crippen MR) is 75.7 cm³/mol. The fraction of sp³-hybridized carbons (Fsp3) is 0.929. The molecule has 0 aromatic rings.